The lowest BCUT2D eigenvalue weighted by Crippen LogP contribution is -2.41. The van der Waals surface area contributed by atoms with E-state index in [1.807, 2.05) is 20.8 Å². The second-order valence-electron chi connectivity index (χ2n) is 5.74. The molecule has 0 heterocycles. The Labute approximate surface area is 127 Å². The third-order valence-corrected chi connectivity index (χ3v) is 5.17. The first kappa shape index (κ1) is 17.6. The van der Waals surface area contributed by atoms with Crippen molar-refractivity contribution in [3.63, 3.8) is 0 Å². The van der Waals surface area contributed by atoms with Gasteiger partial charge in [0, 0.05) is 16.1 Å². The largest absolute Gasteiger partial charge is 0.392 e. The Kier molecular flexibility index (Phi) is 5.34. The van der Waals surface area contributed by atoms with Crippen molar-refractivity contribution in [3.8, 4) is 0 Å². The highest BCUT2D eigenvalue weighted by atomic mass is 79.9. The summed E-state index contributed by atoms with van der Waals surface area (Å²) in [6.07, 6.45) is 0. The molecule has 1 aromatic carbocycles. The fourth-order valence-electron chi connectivity index (χ4n) is 1.40. The fraction of sp³-hybridized carbons (Fsp3) is 0.538. The summed E-state index contributed by atoms with van der Waals surface area (Å²) in [5, 5.41) is 9.07. The third-order valence-electron chi connectivity index (χ3n) is 3.17. The Morgan fingerprint density at radius 3 is 2.40 bits per heavy atom. The third kappa shape index (κ3) is 4.00. The van der Waals surface area contributed by atoms with Crippen LogP contribution in [0.5, 0.6) is 0 Å². The lowest BCUT2D eigenvalue weighted by molar-refractivity contribution is 0.274. The molecule has 0 bridgehead atoms. The van der Waals surface area contributed by atoms with Crippen molar-refractivity contribution in [3.05, 3.63) is 28.0 Å². The molecule has 0 radical (unpaired) electrons. The van der Waals surface area contributed by atoms with Gasteiger partial charge >= 0.3 is 0 Å². The first-order valence-corrected chi connectivity index (χ1v) is 8.37. The van der Waals surface area contributed by atoms with Crippen LogP contribution in [0, 0.1) is 11.2 Å². The maximum Gasteiger partial charge on any atom is 0.243 e. The quantitative estimate of drug-likeness (QED) is 0.859. The molecule has 0 fully saturated rings. The highest BCUT2D eigenvalue weighted by molar-refractivity contribution is 9.10. The van der Waals surface area contributed by atoms with Crippen LogP contribution in [0.4, 0.5) is 4.39 Å². The average Bonchev–Trinajstić information content (AvgIpc) is 2.29. The van der Waals surface area contributed by atoms with Crippen molar-refractivity contribution < 1.29 is 17.9 Å². The summed E-state index contributed by atoms with van der Waals surface area (Å²) in [4.78, 5) is -0.466. The van der Waals surface area contributed by atoms with Crippen molar-refractivity contribution in [2.45, 2.75) is 45.2 Å². The molecule has 0 saturated carbocycles. The van der Waals surface area contributed by atoms with E-state index in [-0.39, 0.29) is 17.0 Å². The lowest BCUT2D eigenvalue weighted by Gasteiger charge is -2.28. The van der Waals surface area contributed by atoms with Gasteiger partial charge in [0.1, 0.15) is 10.7 Å². The normalized spacial score (nSPS) is 14.3. The minimum absolute atomic E-state index is 0.0665. The monoisotopic (exact) mass is 367 g/mol. The van der Waals surface area contributed by atoms with Gasteiger partial charge < -0.3 is 5.11 Å². The lowest BCUT2D eigenvalue weighted by atomic mass is 9.89. The molecule has 1 atom stereocenters. The minimum atomic E-state index is -3.99. The zero-order chi connectivity index (χ0) is 15.7. The number of aliphatic hydroxyl groups excluding tert-OH is 1. The summed E-state index contributed by atoms with van der Waals surface area (Å²) in [6.45, 7) is 6.81. The maximum absolute atomic E-state index is 14.1. The van der Waals surface area contributed by atoms with Crippen molar-refractivity contribution in [1.82, 2.24) is 4.72 Å². The average molecular weight is 368 g/mol. The summed E-state index contributed by atoms with van der Waals surface area (Å²) in [7, 11) is -3.99. The molecular weight excluding hydrogens is 349 g/mol. The molecule has 2 N–H and O–H groups in total. The van der Waals surface area contributed by atoms with Crippen molar-refractivity contribution in [1.29, 1.82) is 0 Å². The topological polar surface area (TPSA) is 66.4 Å². The molecule has 0 spiro atoms. The number of benzene rings is 1. The highest BCUT2D eigenvalue weighted by Crippen LogP contribution is 2.26. The Morgan fingerprint density at radius 1 is 1.40 bits per heavy atom. The summed E-state index contributed by atoms with van der Waals surface area (Å²) in [5.41, 5.74) is -0.363. The van der Waals surface area contributed by atoms with Crippen LogP contribution in [0.2, 0.25) is 0 Å². The first-order valence-electron chi connectivity index (χ1n) is 6.10. The van der Waals surface area contributed by atoms with Gasteiger partial charge in [0.05, 0.1) is 6.61 Å². The van der Waals surface area contributed by atoms with Crippen LogP contribution in [-0.2, 0) is 16.6 Å². The molecule has 4 nitrogen and oxygen atoms in total. The molecule has 114 valence electrons. The van der Waals surface area contributed by atoms with E-state index in [9.17, 15) is 12.8 Å². The van der Waals surface area contributed by atoms with E-state index in [1.54, 1.807) is 6.92 Å². The molecule has 0 aromatic heterocycles. The number of halogens is 2. The number of hydrogen-bond acceptors (Lipinski definition) is 3. The zero-order valence-corrected chi connectivity index (χ0v) is 14.3. The van der Waals surface area contributed by atoms with E-state index in [0.717, 1.165) is 0 Å². The molecule has 0 aliphatic rings. The van der Waals surface area contributed by atoms with Gasteiger partial charge in [-0.3, -0.25) is 0 Å². The summed E-state index contributed by atoms with van der Waals surface area (Å²) >= 11 is 3.12. The van der Waals surface area contributed by atoms with Crippen LogP contribution < -0.4 is 4.72 Å². The Bertz CT molecular complexity index is 596. The Hall–Kier alpha value is -0.500. The van der Waals surface area contributed by atoms with Gasteiger partial charge in [-0.25, -0.2) is 17.5 Å². The van der Waals surface area contributed by atoms with E-state index < -0.39 is 27.3 Å². The number of aliphatic hydroxyl groups is 1. The van der Waals surface area contributed by atoms with Crippen LogP contribution in [-0.4, -0.2) is 19.6 Å². The molecule has 1 rings (SSSR count). The summed E-state index contributed by atoms with van der Waals surface area (Å²) < 4.78 is 41.5. The smallest absolute Gasteiger partial charge is 0.243 e. The highest BCUT2D eigenvalue weighted by Gasteiger charge is 2.28. The van der Waals surface area contributed by atoms with Crippen LogP contribution in [0.1, 0.15) is 33.3 Å². The molecular formula is C13H19BrFNO3S. The van der Waals surface area contributed by atoms with E-state index in [0.29, 0.717) is 4.47 Å². The predicted molar refractivity (Wildman–Crippen MR) is 79.3 cm³/mol. The molecule has 0 aliphatic carbocycles. The number of hydrogen-bond donors (Lipinski definition) is 2. The molecule has 0 amide bonds. The Morgan fingerprint density at radius 2 is 1.95 bits per heavy atom. The van der Waals surface area contributed by atoms with Crippen molar-refractivity contribution in [2.75, 3.05) is 0 Å². The van der Waals surface area contributed by atoms with Crippen LogP contribution in [0.3, 0.4) is 0 Å². The molecule has 0 saturated heterocycles. The number of nitrogens with one attached hydrogen (secondary N) is 1. The first-order chi connectivity index (χ1) is 8.99. The van der Waals surface area contributed by atoms with Gasteiger partial charge in [-0.15, -0.1) is 0 Å². The Balaban J connectivity index is 3.26. The molecule has 20 heavy (non-hydrogen) atoms. The number of rotatable bonds is 4. The minimum Gasteiger partial charge on any atom is -0.392 e. The van der Waals surface area contributed by atoms with E-state index >= 15 is 0 Å². The van der Waals surface area contributed by atoms with Crippen LogP contribution in [0.25, 0.3) is 0 Å². The number of sulfonamides is 1. The van der Waals surface area contributed by atoms with Crippen molar-refractivity contribution in [2.24, 2.45) is 5.41 Å². The molecule has 1 aromatic rings. The van der Waals surface area contributed by atoms with E-state index in [1.165, 1.54) is 12.1 Å². The summed E-state index contributed by atoms with van der Waals surface area (Å²) in [6, 6.07) is 2.16. The SMILES string of the molecule is CC(NS(=O)(=O)c1cc(Br)cc(CO)c1F)C(C)(C)C. The van der Waals surface area contributed by atoms with Gasteiger partial charge in [0.25, 0.3) is 0 Å². The maximum atomic E-state index is 14.1. The molecule has 0 aliphatic heterocycles. The van der Waals surface area contributed by atoms with Gasteiger partial charge in [-0.05, 0) is 24.5 Å². The fourth-order valence-corrected chi connectivity index (χ4v) is 3.65. The molecule has 7 heteroatoms. The zero-order valence-electron chi connectivity index (χ0n) is 11.9. The van der Waals surface area contributed by atoms with Crippen LogP contribution in [0.15, 0.2) is 21.5 Å². The van der Waals surface area contributed by atoms with Crippen LogP contribution >= 0.6 is 15.9 Å². The van der Waals surface area contributed by atoms with Gasteiger partial charge in [0.15, 0.2) is 0 Å². The standard InChI is InChI=1S/C13H19BrFNO3S/c1-8(13(2,3)4)16-20(18,19)11-6-10(14)5-9(7-17)12(11)15/h5-6,8,16-17H,7H2,1-4H3. The summed E-state index contributed by atoms with van der Waals surface area (Å²) in [5.74, 6) is -0.927. The van der Waals surface area contributed by atoms with Gasteiger partial charge in [-0.2, -0.15) is 0 Å². The van der Waals surface area contributed by atoms with E-state index in [2.05, 4.69) is 20.7 Å². The predicted octanol–water partition coefficient (Wildman–Crippen LogP) is 2.79. The van der Waals surface area contributed by atoms with Crippen molar-refractivity contribution >= 4 is 26.0 Å². The van der Waals surface area contributed by atoms with Gasteiger partial charge in [0.2, 0.25) is 10.0 Å². The van der Waals surface area contributed by atoms with Gasteiger partial charge in [-0.1, -0.05) is 36.7 Å². The van der Waals surface area contributed by atoms with E-state index in [4.69, 9.17) is 5.11 Å². The second kappa shape index (κ2) is 6.09. The second-order valence-corrected chi connectivity index (χ2v) is 8.34. The molecule has 1 unspecified atom stereocenters.